The average molecular weight is 284 g/mol. The van der Waals surface area contributed by atoms with Gasteiger partial charge in [0.05, 0.1) is 19.5 Å². The van der Waals surface area contributed by atoms with E-state index in [4.69, 9.17) is 4.74 Å². The van der Waals surface area contributed by atoms with Crippen molar-refractivity contribution in [2.45, 2.75) is 24.9 Å². The van der Waals surface area contributed by atoms with Crippen molar-refractivity contribution in [1.29, 1.82) is 0 Å². The maximum absolute atomic E-state index is 13.0. The average Bonchev–Trinajstić information content (AvgIpc) is 2.40. The molecule has 2 rings (SSSR count). The monoisotopic (exact) mass is 284 g/mol. The number of hydrogen-bond donors (Lipinski definition) is 2. The van der Waals surface area contributed by atoms with E-state index in [1.807, 2.05) is 0 Å². The molecule has 1 aliphatic heterocycles. The van der Waals surface area contributed by atoms with E-state index in [1.165, 1.54) is 12.1 Å². The summed E-state index contributed by atoms with van der Waals surface area (Å²) in [6.45, 7) is 1.82. The third-order valence-corrected chi connectivity index (χ3v) is 3.72. The van der Waals surface area contributed by atoms with Crippen molar-refractivity contribution in [3.63, 3.8) is 0 Å². The summed E-state index contributed by atoms with van der Waals surface area (Å²) in [7, 11) is 0. The molecule has 1 aromatic rings. The van der Waals surface area contributed by atoms with Crippen LogP contribution in [0.4, 0.5) is 4.39 Å². The first-order valence-electron chi connectivity index (χ1n) is 6.57. The van der Waals surface area contributed by atoms with Crippen molar-refractivity contribution in [3.8, 4) is 0 Å². The van der Waals surface area contributed by atoms with Crippen molar-refractivity contribution < 1.29 is 19.2 Å². The maximum atomic E-state index is 13.0. The lowest BCUT2D eigenvalue weighted by atomic mass is 9.84. The fourth-order valence-corrected chi connectivity index (χ4v) is 2.69. The van der Waals surface area contributed by atoms with Crippen LogP contribution in [0.5, 0.6) is 0 Å². The molecule has 104 valence electrons. The molecule has 0 spiro atoms. The summed E-state index contributed by atoms with van der Waals surface area (Å²) in [5, 5.41) is 2.20. The summed E-state index contributed by atoms with van der Waals surface area (Å²) >= 11 is 4.05. The number of halogens is 1. The molecule has 1 aliphatic rings. The molecule has 3 nitrogen and oxygen atoms in total. The molecule has 2 N–H and O–H groups in total. The maximum Gasteiger partial charge on any atom is 0.307 e. The summed E-state index contributed by atoms with van der Waals surface area (Å²) in [5.41, 5.74) is 0.289. The number of quaternary nitrogens is 1. The highest BCUT2D eigenvalue weighted by Crippen LogP contribution is 2.34. The highest BCUT2D eigenvalue weighted by Gasteiger charge is 2.39. The predicted octanol–water partition coefficient (Wildman–Crippen LogP) is 1.24. The lowest BCUT2D eigenvalue weighted by molar-refractivity contribution is -0.668. The number of rotatable bonds is 4. The molecule has 0 aromatic heterocycles. The van der Waals surface area contributed by atoms with Crippen LogP contribution in [0.1, 0.15) is 24.8 Å². The molecule has 5 heteroatoms. The molecular weight excluding hydrogens is 265 g/mol. The highest BCUT2D eigenvalue weighted by atomic mass is 32.1. The zero-order valence-electron chi connectivity index (χ0n) is 10.8. The van der Waals surface area contributed by atoms with E-state index in [1.54, 1.807) is 12.1 Å². The quantitative estimate of drug-likeness (QED) is 0.645. The molecule has 1 aromatic carbocycles. The predicted molar refractivity (Wildman–Crippen MR) is 73.5 cm³/mol. The lowest BCUT2D eigenvalue weighted by Crippen LogP contribution is -2.87. The van der Waals surface area contributed by atoms with Gasteiger partial charge in [0, 0.05) is 18.6 Å². The Morgan fingerprint density at radius 3 is 2.53 bits per heavy atom. The van der Waals surface area contributed by atoms with E-state index >= 15 is 0 Å². The van der Waals surface area contributed by atoms with Gasteiger partial charge in [0.1, 0.15) is 11.4 Å². The minimum Gasteiger partial charge on any atom is -0.454 e. The molecule has 0 amide bonds. The van der Waals surface area contributed by atoms with E-state index in [0.29, 0.717) is 12.2 Å². The van der Waals surface area contributed by atoms with Crippen LogP contribution in [-0.2, 0) is 15.1 Å². The summed E-state index contributed by atoms with van der Waals surface area (Å²) < 4.78 is 18.8. The molecule has 0 aliphatic carbocycles. The van der Waals surface area contributed by atoms with Crippen LogP contribution in [0.3, 0.4) is 0 Å². The fourth-order valence-electron chi connectivity index (χ4n) is 2.50. The molecule has 1 heterocycles. The third kappa shape index (κ3) is 3.48. The number of carbonyl (C=O) groups excluding carboxylic acids is 1. The fraction of sp³-hybridized carbons (Fsp3) is 0.500. The first-order valence-corrected chi connectivity index (χ1v) is 7.20. The normalized spacial score (nSPS) is 18.0. The summed E-state index contributed by atoms with van der Waals surface area (Å²) in [6, 6.07) is 6.27. The van der Waals surface area contributed by atoms with Crippen molar-refractivity contribution in [3.05, 3.63) is 35.6 Å². The van der Waals surface area contributed by atoms with Gasteiger partial charge >= 0.3 is 5.97 Å². The van der Waals surface area contributed by atoms with E-state index in [0.717, 1.165) is 31.5 Å². The Labute approximate surface area is 117 Å². The number of piperidine rings is 1. The summed E-state index contributed by atoms with van der Waals surface area (Å²) in [5.74, 6) is -0.0334. The van der Waals surface area contributed by atoms with Crippen LogP contribution in [0.25, 0.3) is 0 Å². The SMILES string of the molecule is O=C(CCS)OC1(c2ccc(F)cc2)CC[NH2+]CC1. The number of nitrogens with two attached hydrogens (primary N) is 1. The number of ether oxygens (including phenoxy) is 1. The molecule has 0 bridgehead atoms. The number of benzene rings is 1. The molecular formula is C14H19FNO2S+. The summed E-state index contributed by atoms with van der Waals surface area (Å²) in [4.78, 5) is 11.8. The second-order valence-corrected chi connectivity index (χ2v) is 5.26. The zero-order valence-corrected chi connectivity index (χ0v) is 11.7. The van der Waals surface area contributed by atoms with Crippen molar-refractivity contribution in [2.75, 3.05) is 18.8 Å². The summed E-state index contributed by atoms with van der Waals surface area (Å²) in [6.07, 6.45) is 1.82. The van der Waals surface area contributed by atoms with Crippen LogP contribution >= 0.6 is 12.6 Å². The third-order valence-electron chi connectivity index (χ3n) is 3.50. The Hall–Kier alpha value is -1.07. The van der Waals surface area contributed by atoms with Crippen LogP contribution in [0.2, 0.25) is 0 Å². The van der Waals surface area contributed by atoms with Gasteiger partial charge in [-0.05, 0) is 17.7 Å². The number of carbonyl (C=O) groups is 1. The van der Waals surface area contributed by atoms with Gasteiger partial charge in [-0.1, -0.05) is 12.1 Å². The topological polar surface area (TPSA) is 42.9 Å². The second kappa shape index (κ2) is 6.39. The van der Waals surface area contributed by atoms with Gasteiger partial charge < -0.3 is 10.1 Å². The molecule has 1 saturated heterocycles. The standard InChI is InChI=1S/C14H18FNO2S/c15-12-3-1-11(2-4-12)14(6-8-16-9-7-14)18-13(17)5-10-19/h1-4,16,19H,5-10H2/p+1. The molecule has 0 atom stereocenters. The highest BCUT2D eigenvalue weighted by molar-refractivity contribution is 7.80. The van der Waals surface area contributed by atoms with Crippen LogP contribution in [-0.4, -0.2) is 24.8 Å². The van der Waals surface area contributed by atoms with Gasteiger partial charge in [-0.15, -0.1) is 0 Å². The molecule has 1 fully saturated rings. The van der Waals surface area contributed by atoms with Crippen LogP contribution in [0.15, 0.2) is 24.3 Å². The second-order valence-electron chi connectivity index (χ2n) is 4.81. The minimum absolute atomic E-state index is 0.235. The molecule has 0 unspecified atom stereocenters. The number of hydrogen-bond acceptors (Lipinski definition) is 3. The van der Waals surface area contributed by atoms with E-state index in [2.05, 4.69) is 17.9 Å². The van der Waals surface area contributed by atoms with Crippen LogP contribution < -0.4 is 5.32 Å². The Kier molecular flexibility index (Phi) is 4.82. The Bertz CT molecular complexity index is 430. The Morgan fingerprint density at radius 2 is 1.95 bits per heavy atom. The number of thiol groups is 1. The van der Waals surface area contributed by atoms with Gasteiger partial charge in [0.2, 0.25) is 0 Å². The largest absolute Gasteiger partial charge is 0.454 e. The van der Waals surface area contributed by atoms with Crippen molar-refractivity contribution in [2.24, 2.45) is 0 Å². The van der Waals surface area contributed by atoms with E-state index in [-0.39, 0.29) is 11.8 Å². The zero-order chi connectivity index (χ0) is 13.7. The first kappa shape index (κ1) is 14.3. The number of esters is 1. The molecule has 0 saturated carbocycles. The van der Waals surface area contributed by atoms with Crippen molar-refractivity contribution >= 4 is 18.6 Å². The molecule has 0 radical (unpaired) electrons. The Balaban J connectivity index is 2.23. The Morgan fingerprint density at radius 1 is 1.32 bits per heavy atom. The van der Waals surface area contributed by atoms with E-state index < -0.39 is 5.60 Å². The minimum atomic E-state index is -0.595. The first-order chi connectivity index (χ1) is 9.16. The molecule has 19 heavy (non-hydrogen) atoms. The van der Waals surface area contributed by atoms with Gasteiger partial charge in [0.15, 0.2) is 0 Å². The van der Waals surface area contributed by atoms with Gasteiger partial charge in [-0.25, -0.2) is 4.39 Å². The smallest absolute Gasteiger partial charge is 0.307 e. The van der Waals surface area contributed by atoms with Gasteiger partial charge in [0.25, 0.3) is 0 Å². The lowest BCUT2D eigenvalue weighted by Gasteiger charge is -2.36. The van der Waals surface area contributed by atoms with Gasteiger partial charge in [-0.3, -0.25) is 4.79 Å². The van der Waals surface area contributed by atoms with Gasteiger partial charge in [-0.2, -0.15) is 12.6 Å². The van der Waals surface area contributed by atoms with E-state index in [9.17, 15) is 9.18 Å². The van der Waals surface area contributed by atoms with Crippen LogP contribution in [0, 0.1) is 5.82 Å². The van der Waals surface area contributed by atoms with Crippen molar-refractivity contribution in [1.82, 2.24) is 0 Å².